The number of methoxy groups -OCH3 is 1. The van der Waals surface area contributed by atoms with Crippen molar-refractivity contribution in [2.24, 2.45) is 5.92 Å². The summed E-state index contributed by atoms with van der Waals surface area (Å²) in [4.78, 5) is 11.9. The molecule has 1 aliphatic heterocycles. The van der Waals surface area contributed by atoms with Crippen LogP contribution < -0.4 is 10.6 Å². The number of rotatable bonds is 7. The fraction of sp³-hybridized carbons (Fsp3) is 0.923. The Morgan fingerprint density at radius 3 is 2.76 bits per heavy atom. The summed E-state index contributed by atoms with van der Waals surface area (Å²) in [6.45, 7) is 4.84. The van der Waals surface area contributed by atoms with Crippen LogP contribution in [0.3, 0.4) is 0 Å². The Hall–Kier alpha value is -0.610. The molecule has 0 aromatic heterocycles. The van der Waals surface area contributed by atoms with Gasteiger partial charge in [0, 0.05) is 13.5 Å². The summed E-state index contributed by atoms with van der Waals surface area (Å²) >= 11 is 0. The van der Waals surface area contributed by atoms with Crippen molar-refractivity contribution < 1.29 is 9.53 Å². The van der Waals surface area contributed by atoms with Gasteiger partial charge in [0.1, 0.15) is 0 Å². The average Bonchev–Trinajstić information content (AvgIpc) is 2.30. The Bertz CT molecular complexity index is 209. The van der Waals surface area contributed by atoms with E-state index in [1.54, 1.807) is 7.11 Å². The van der Waals surface area contributed by atoms with Crippen molar-refractivity contribution in [2.45, 2.75) is 45.1 Å². The zero-order valence-corrected chi connectivity index (χ0v) is 11.1. The van der Waals surface area contributed by atoms with E-state index >= 15 is 0 Å². The third-order valence-corrected chi connectivity index (χ3v) is 3.30. The van der Waals surface area contributed by atoms with Gasteiger partial charge < -0.3 is 15.4 Å². The van der Waals surface area contributed by atoms with Crippen LogP contribution in [-0.2, 0) is 9.53 Å². The van der Waals surface area contributed by atoms with E-state index in [1.807, 2.05) is 0 Å². The molecule has 1 unspecified atom stereocenters. The number of carbonyl (C=O) groups excluding carboxylic acids is 1. The lowest BCUT2D eigenvalue weighted by molar-refractivity contribution is -0.123. The second kappa shape index (κ2) is 8.48. The van der Waals surface area contributed by atoms with Crippen LogP contribution in [-0.4, -0.2) is 38.8 Å². The van der Waals surface area contributed by atoms with Crippen molar-refractivity contribution in [3.63, 3.8) is 0 Å². The van der Waals surface area contributed by atoms with Crippen molar-refractivity contribution >= 4 is 5.91 Å². The standard InChI is InChI=1S/C13H26N2O2/c1-3-4-12(10-17-2)15-13(16)9-11-5-7-14-8-6-11/h11-12,14H,3-10H2,1-2H3,(H,15,16). The number of nitrogens with one attached hydrogen (secondary N) is 2. The third kappa shape index (κ3) is 6.03. The summed E-state index contributed by atoms with van der Waals surface area (Å²) in [7, 11) is 1.68. The van der Waals surface area contributed by atoms with Gasteiger partial charge >= 0.3 is 0 Å². The molecule has 1 rings (SSSR count). The number of piperidine rings is 1. The number of amides is 1. The molecule has 1 saturated heterocycles. The molecule has 0 aromatic rings. The number of carbonyl (C=O) groups is 1. The van der Waals surface area contributed by atoms with Gasteiger partial charge in [-0.2, -0.15) is 0 Å². The minimum Gasteiger partial charge on any atom is -0.383 e. The maximum Gasteiger partial charge on any atom is 0.220 e. The first-order valence-electron chi connectivity index (χ1n) is 6.75. The molecule has 0 saturated carbocycles. The Labute approximate surface area is 104 Å². The molecule has 4 nitrogen and oxygen atoms in total. The molecule has 1 atom stereocenters. The fourth-order valence-electron chi connectivity index (χ4n) is 2.38. The summed E-state index contributed by atoms with van der Waals surface area (Å²) in [6.07, 6.45) is 4.98. The summed E-state index contributed by atoms with van der Waals surface area (Å²) in [6, 6.07) is 0.180. The topological polar surface area (TPSA) is 50.4 Å². The largest absolute Gasteiger partial charge is 0.383 e. The summed E-state index contributed by atoms with van der Waals surface area (Å²) < 4.78 is 5.12. The smallest absolute Gasteiger partial charge is 0.220 e. The van der Waals surface area contributed by atoms with Gasteiger partial charge in [-0.05, 0) is 38.3 Å². The fourth-order valence-corrected chi connectivity index (χ4v) is 2.38. The monoisotopic (exact) mass is 242 g/mol. The van der Waals surface area contributed by atoms with Gasteiger partial charge in [0.2, 0.25) is 5.91 Å². The van der Waals surface area contributed by atoms with E-state index in [1.165, 1.54) is 0 Å². The van der Waals surface area contributed by atoms with Crippen LogP contribution in [0.4, 0.5) is 0 Å². The first kappa shape index (κ1) is 14.5. The summed E-state index contributed by atoms with van der Waals surface area (Å²) in [5.74, 6) is 0.744. The maximum absolute atomic E-state index is 11.9. The van der Waals surface area contributed by atoms with Crippen LogP contribution in [0.5, 0.6) is 0 Å². The second-order valence-electron chi connectivity index (χ2n) is 4.91. The van der Waals surface area contributed by atoms with Crippen LogP contribution in [0, 0.1) is 5.92 Å². The predicted octanol–water partition coefficient (Wildman–Crippen LogP) is 1.31. The van der Waals surface area contributed by atoms with Crippen molar-refractivity contribution in [3.05, 3.63) is 0 Å². The van der Waals surface area contributed by atoms with Gasteiger partial charge in [-0.1, -0.05) is 13.3 Å². The molecule has 4 heteroatoms. The molecular weight excluding hydrogens is 216 g/mol. The lowest BCUT2D eigenvalue weighted by Gasteiger charge is -2.23. The zero-order chi connectivity index (χ0) is 12.5. The van der Waals surface area contributed by atoms with E-state index in [2.05, 4.69) is 17.6 Å². The first-order chi connectivity index (χ1) is 8.26. The van der Waals surface area contributed by atoms with E-state index in [0.717, 1.165) is 38.8 Å². The molecule has 1 amide bonds. The third-order valence-electron chi connectivity index (χ3n) is 3.30. The van der Waals surface area contributed by atoms with Crippen molar-refractivity contribution in [1.82, 2.24) is 10.6 Å². The van der Waals surface area contributed by atoms with Crippen LogP contribution >= 0.6 is 0 Å². The Kier molecular flexibility index (Phi) is 7.21. The van der Waals surface area contributed by atoms with Crippen molar-refractivity contribution in [2.75, 3.05) is 26.8 Å². The van der Waals surface area contributed by atoms with Crippen LogP contribution in [0.1, 0.15) is 39.0 Å². The first-order valence-corrected chi connectivity index (χ1v) is 6.75. The average molecular weight is 242 g/mol. The van der Waals surface area contributed by atoms with Crippen molar-refractivity contribution in [3.8, 4) is 0 Å². The predicted molar refractivity (Wildman–Crippen MR) is 68.9 cm³/mol. The van der Waals surface area contributed by atoms with Crippen LogP contribution in [0.25, 0.3) is 0 Å². The molecule has 1 aliphatic rings. The normalized spacial score (nSPS) is 18.9. The van der Waals surface area contributed by atoms with Crippen LogP contribution in [0.15, 0.2) is 0 Å². The molecule has 2 N–H and O–H groups in total. The lowest BCUT2D eigenvalue weighted by atomic mass is 9.94. The Morgan fingerprint density at radius 1 is 1.47 bits per heavy atom. The maximum atomic E-state index is 11.9. The van der Waals surface area contributed by atoms with E-state index in [0.29, 0.717) is 18.9 Å². The quantitative estimate of drug-likeness (QED) is 0.707. The molecule has 100 valence electrons. The highest BCUT2D eigenvalue weighted by Crippen LogP contribution is 2.15. The van der Waals surface area contributed by atoms with E-state index in [4.69, 9.17) is 4.74 Å². The Morgan fingerprint density at radius 2 is 2.18 bits per heavy atom. The van der Waals surface area contributed by atoms with Gasteiger partial charge in [0.25, 0.3) is 0 Å². The molecule has 0 spiro atoms. The molecule has 0 radical (unpaired) electrons. The van der Waals surface area contributed by atoms with E-state index in [9.17, 15) is 4.79 Å². The van der Waals surface area contributed by atoms with Gasteiger partial charge in [-0.25, -0.2) is 0 Å². The molecule has 0 bridgehead atoms. The molecule has 0 aromatic carbocycles. The molecular formula is C13H26N2O2. The van der Waals surface area contributed by atoms with Gasteiger partial charge in [-0.3, -0.25) is 4.79 Å². The molecule has 1 heterocycles. The van der Waals surface area contributed by atoms with Crippen molar-refractivity contribution in [1.29, 1.82) is 0 Å². The highest BCUT2D eigenvalue weighted by Gasteiger charge is 2.18. The number of hydrogen-bond donors (Lipinski definition) is 2. The van der Waals surface area contributed by atoms with E-state index < -0.39 is 0 Å². The minimum absolute atomic E-state index is 0.180. The molecule has 0 aliphatic carbocycles. The second-order valence-corrected chi connectivity index (χ2v) is 4.91. The van der Waals surface area contributed by atoms with Gasteiger partial charge in [-0.15, -0.1) is 0 Å². The van der Waals surface area contributed by atoms with Crippen LogP contribution in [0.2, 0.25) is 0 Å². The van der Waals surface area contributed by atoms with E-state index in [-0.39, 0.29) is 11.9 Å². The summed E-state index contributed by atoms with van der Waals surface area (Å²) in [5.41, 5.74) is 0. The zero-order valence-electron chi connectivity index (χ0n) is 11.1. The number of ether oxygens (including phenoxy) is 1. The Balaban J connectivity index is 2.25. The minimum atomic E-state index is 0.180. The molecule has 1 fully saturated rings. The SMILES string of the molecule is CCCC(COC)NC(=O)CC1CCNCC1. The summed E-state index contributed by atoms with van der Waals surface area (Å²) in [5, 5.41) is 6.40. The lowest BCUT2D eigenvalue weighted by Crippen LogP contribution is -2.39. The highest BCUT2D eigenvalue weighted by atomic mass is 16.5. The molecule has 17 heavy (non-hydrogen) atoms. The highest BCUT2D eigenvalue weighted by molar-refractivity contribution is 5.76. The number of hydrogen-bond acceptors (Lipinski definition) is 3. The van der Waals surface area contributed by atoms with Gasteiger partial charge in [0.05, 0.1) is 12.6 Å². The van der Waals surface area contributed by atoms with Gasteiger partial charge in [0.15, 0.2) is 0 Å².